The highest BCUT2D eigenvalue weighted by Crippen LogP contribution is 2.21. The third-order valence-corrected chi connectivity index (χ3v) is 2.48. The fourth-order valence-electron chi connectivity index (χ4n) is 0.877. The van der Waals surface area contributed by atoms with Crippen molar-refractivity contribution in [3.63, 3.8) is 0 Å². The van der Waals surface area contributed by atoms with Gasteiger partial charge in [-0.3, -0.25) is 0 Å². The average molecular weight is 247 g/mol. The summed E-state index contributed by atoms with van der Waals surface area (Å²) in [7, 11) is 0. The van der Waals surface area contributed by atoms with Gasteiger partial charge in [-0.15, -0.1) is 12.6 Å². The van der Waals surface area contributed by atoms with Crippen LogP contribution in [0.1, 0.15) is 20.3 Å². The highest BCUT2D eigenvalue weighted by Gasteiger charge is 1.92. The summed E-state index contributed by atoms with van der Waals surface area (Å²) in [5.74, 6) is 0. The lowest BCUT2D eigenvalue weighted by Gasteiger charge is -1.95. The molecule has 0 aliphatic heterocycles. The second-order valence-electron chi connectivity index (χ2n) is 3.06. The number of benzene rings is 1. The molecule has 0 bridgehead atoms. The highest BCUT2D eigenvalue weighted by atomic mass is 35.5. The summed E-state index contributed by atoms with van der Waals surface area (Å²) >= 11 is 9.72. The van der Waals surface area contributed by atoms with E-state index < -0.39 is 0 Å². The van der Waals surface area contributed by atoms with Crippen LogP contribution in [0.5, 0.6) is 0 Å². The summed E-state index contributed by atoms with van der Waals surface area (Å²) in [5.41, 5.74) is 6.07. The van der Waals surface area contributed by atoms with E-state index in [2.05, 4.69) is 31.8 Å². The second-order valence-corrected chi connectivity index (χ2v) is 3.95. The molecule has 0 amide bonds. The molecule has 1 aromatic carbocycles. The molecule has 3 N–H and O–H groups in total. The lowest BCUT2D eigenvalue weighted by molar-refractivity contribution is 0.703. The molecular formula is C11H19ClN2S. The van der Waals surface area contributed by atoms with Crippen molar-refractivity contribution >= 4 is 29.9 Å². The van der Waals surface area contributed by atoms with Crippen LogP contribution < -0.4 is 11.1 Å². The Balaban J connectivity index is 0.000000288. The first-order valence-electron chi connectivity index (χ1n) is 5.06. The Labute approximate surface area is 103 Å². The Morgan fingerprint density at radius 2 is 2.07 bits per heavy atom. The summed E-state index contributed by atoms with van der Waals surface area (Å²) in [6, 6.07) is 5.19. The van der Waals surface area contributed by atoms with E-state index in [0.29, 0.717) is 10.7 Å². The number of hydrogen-bond acceptors (Lipinski definition) is 3. The Bertz CT molecular complexity index is 275. The summed E-state index contributed by atoms with van der Waals surface area (Å²) in [6.07, 6.45) is 1.24. The van der Waals surface area contributed by atoms with Gasteiger partial charge in [0.05, 0.1) is 5.02 Å². The number of nitrogens with one attached hydrogen (secondary N) is 1. The number of hydrogen-bond donors (Lipinski definition) is 3. The molecule has 0 atom stereocenters. The molecule has 15 heavy (non-hydrogen) atoms. The SMILES string of the molecule is CCCNCC.Nc1ccc(S)c(Cl)c1. The number of nitrogen functional groups attached to an aromatic ring is 1. The van der Waals surface area contributed by atoms with Crippen molar-refractivity contribution in [2.45, 2.75) is 25.2 Å². The smallest absolute Gasteiger partial charge is 0.0559 e. The minimum absolute atomic E-state index is 0.596. The first-order valence-corrected chi connectivity index (χ1v) is 5.89. The fraction of sp³-hybridized carbons (Fsp3) is 0.455. The highest BCUT2D eigenvalue weighted by molar-refractivity contribution is 7.80. The zero-order valence-electron chi connectivity index (χ0n) is 9.26. The van der Waals surface area contributed by atoms with Gasteiger partial charge in [0, 0.05) is 10.6 Å². The molecule has 0 aromatic heterocycles. The van der Waals surface area contributed by atoms with Gasteiger partial charge in [0.25, 0.3) is 0 Å². The van der Waals surface area contributed by atoms with Crippen LogP contribution in [0.3, 0.4) is 0 Å². The predicted molar refractivity (Wildman–Crippen MR) is 72.0 cm³/mol. The van der Waals surface area contributed by atoms with Gasteiger partial charge < -0.3 is 11.1 Å². The van der Waals surface area contributed by atoms with Crippen molar-refractivity contribution in [1.82, 2.24) is 5.32 Å². The number of rotatable bonds is 3. The second kappa shape index (κ2) is 8.89. The minimum Gasteiger partial charge on any atom is -0.399 e. The van der Waals surface area contributed by atoms with Gasteiger partial charge >= 0.3 is 0 Å². The molecule has 1 rings (SSSR count). The van der Waals surface area contributed by atoms with Crippen LogP contribution in [-0.4, -0.2) is 13.1 Å². The molecule has 0 unspecified atom stereocenters. The molecule has 2 nitrogen and oxygen atoms in total. The third kappa shape index (κ3) is 7.54. The summed E-state index contributed by atoms with van der Waals surface area (Å²) in [4.78, 5) is 0.755. The molecule has 4 heteroatoms. The third-order valence-electron chi connectivity index (χ3n) is 1.65. The maximum atomic E-state index is 5.66. The minimum atomic E-state index is 0.596. The topological polar surface area (TPSA) is 38.0 Å². The molecule has 1 aromatic rings. The van der Waals surface area contributed by atoms with Gasteiger partial charge in [-0.05, 0) is 37.7 Å². The van der Waals surface area contributed by atoms with Crippen LogP contribution in [0.25, 0.3) is 0 Å². The van der Waals surface area contributed by atoms with Crippen molar-refractivity contribution in [3.8, 4) is 0 Å². The summed E-state index contributed by atoms with van der Waals surface area (Å²) in [5, 5.41) is 3.79. The van der Waals surface area contributed by atoms with E-state index in [9.17, 15) is 0 Å². The lowest BCUT2D eigenvalue weighted by atomic mass is 10.3. The molecule has 86 valence electrons. The van der Waals surface area contributed by atoms with Crippen molar-refractivity contribution < 1.29 is 0 Å². The van der Waals surface area contributed by atoms with Crippen molar-refractivity contribution in [2.24, 2.45) is 0 Å². The normalized spacial score (nSPS) is 9.33. The number of anilines is 1. The lowest BCUT2D eigenvalue weighted by Crippen LogP contribution is -2.12. The Morgan fingerprint density at radius 3 is 2.40 bits per heavy atom. The maximum absolute atomic E-state index is 5.66. The monoisotopic (exact) mass is 246 g/mol. The zero-order valence-corrected chi connectivity index (χ0v) is 10.9. The number of thiol groups is 1. The molecule has 0 aliphatic carbocycles. The number of nitrogens with two attached hydrogens (primary N) is 1. The average Bonchev–Trinajstić information content (AvgIpc) is 2.22. The van der Waals surface area contributed by atoms with Gasteiger partial charge in [-0.2, -0.15) is 0 Å². The van der Waals surface area contributed by atoms with Gasteiger partial charge in [0.1, 0.15) is 0 Å². The molecule has 0 fully saturated rings. The van der Waals surface area contributed by atoms with Gasteiger partial charge in [0.15, 0.2) is 0 Å². The van der Waals surface area contributed by atoms with Crippen LogP contribution in [-0.2, 0) is 0 Å². The van der Waals surface area contributed by atoms with Crippen LogP contribution in [0, 0.1) is 0 Å². The van der Waals surface area contributed by atoms with Gasteiger partial charge in [0.2, 0.25) is 0 Å². The van der Waals surface area contributed by atoms with E-state index in [1.54, 1.807) is 18.2 Å². The molecule has 0 saturated carbocycles. The quantitative estimate of drug-likeness (QED) is 0.435. The maximum Gasteiger partial charge on any atom is 0.0559 e. The van der Waals surface area contributed by atoms with Crippen molar-refractivity contribution in [1.29, 1.82) is 0 Å². The Hall–Kier alpha value is -0.380. The van der Waals surface area contributed by atoms with Crippen molar-refractivity contribution in [3.05, 3.63) is 23.2 Å². The largest absolute Gasteiger partial charge is 0.399 e. The Kier molecular flexibility index (Phi) is 8.67. The summed E-state index contributed by atoms with van der Waals surface area (Å²) in [6.45, 7) is 6.56. The molecule has 0 saturated heterocycles. The van der Waals surface area contributed by atoms with E-state index in [0.717, 1.165) is 18.0 Å². The molecule has 0 spiro atoms. The standard InChI is InChI=1S/C6H6ClNS.C5H13N/c7-5-3-4(8)1-2-6(5)9;1-3-5-6-4-2/h1-3,9H,8H2;6H,3-5H2,1-2H3. The van der Waals surface area contributed by atoms with E-state index in [-0.39, 0.29) is 0 Å². The summed E-state index contributed by atoms with van der Waals surface area (Å²) < 4.78 is 0. The number of halogens is 1. The van der Waals surface area contributed by atoms with Gasteiger partial charge in [-0.25, -0.2) is 0 Å². The van der Waals surface area contributed by atoms with E-state index in [1.807, 2.05) is 0 Å². The molecule has 0 aliphatic rings. The Morgan fingerprint density at radius 1 is 1.40 bits per heavy atom. The first kappa shape index (κ1) is 14.6. The molecule has 0 heterocycles. The molecular weight excluding hydrogens is 228 g/mol. The fourth-order valence-corrected chi connectivity index (χ4v) is 1.20. The first-order chi connectivity index (χ1) is 7.11. The van der Waals surface area contributed by atoms with E-state index in [1.165, 1.54) is 6.42 Å². The van der Waals surface area contributed by atoms with Crippen LogP contribution in [0.2, 0.25) is 5.02 Å². The van der Waals surface area contributed by atoms with Crippen molar-refractivity contribution in [2.75, 3.05) is 18.8 Å². The van der Waals surface area contributed by atoms with Crippen LogP contribution in [0.4, 0.5) is 5.69 Å². The van der Waals surface area contributed by atoms with Crippen LogP contribution >= 0.6 is 24.2 Å². The van der Waals surface area contributed by atoms with E-state index >= 15 is 0 Å². The van der Waals surface area contributed by atoms with E-state index in [4.69, 9.17) is 17.3 Å². The van der Waals surface area contributed by atoms with Gasteiger partial charge in [-0.1, -0.05) is 25.4 Å². The zero-order chi connectivity index (χ0) is 11.7. The predicted octanol–water partition coefficient (Wildman–Crippen LogP) is 3.22. The van der Waals surface area contributed by atoms with Crippen LogP contribution in [0.15, 0.2) is 23.1 Å². The molecule has 0 radical (unpaired) electrons.